The number of methoxy groups -OCH3 is 1. The zero-order chi connectivity index (χ0) is 18.0. The lowest BCUT2D eigenvalue weighted by Crippen LogP contribution is -2.40. The Balaban J connectivity index is 2.13. The maximum Gasteiger partial charge on any atom is 0.291 e. The highest BCUT2D eigenvalue weighted by molar-refractivity contribution is 7.89. The van der Waals surface area contributed by atoms with Crippen LogP contribution in [0.15, 0.2) is 45.9 Å². The number of sulfonamides is 1. The molecule has 1 aromatic heterocycles. The van der Waals surface area contributed by atoms with Crippen LogP contribution in [0.3, 0.4) is 0 Å². The number of nitrogens with one attached hydrogen (secondary N) is 2. The van der Waals surface area contributed by atoms with Crippen molar-refractivity contribution >= 4 is 21.6 Å². The molecule has 2 aromatic rings. The lowest BCUT2D eigenvalue weighted by atomic mass is 10.1. The number of carbonyl (C=O) groups excluding carboxylic acids is 1. The van der Waals surface area contributed by atoms with Crippen LogP contribution in [0, 0.1) is 0 Å². The molecule has 0 aliphatic rings. The standard InChI is InChI=1S/C16H20N2O5S/c1-16(2,3)18-24(20,21)14-10-9-13(23-14)15(19)17-11-5-7-12(22-4)8-6-11/h5-10,18H,1-4H3,(H,17,19). The van der Waals surface area contributed by atoms with Crippen LogP contribution in [-0.2, 0) is 10.0 Å². The van der Waals surface area contributed by atoms with Gasteiger partial charge in [0.25, 0.3) is 15.9 Å². The summed E-state index contributed by atoms with van der Waals surface area (Å²) in [7, 11) is -2.28. The van der Waals surface area contributed by atoms with Crippen molar-refractivity contribution in [2.45, 2.75) is 31.4 Å². The fourth-order valence-corrected chi connectivity index (χ4v) is 3.26. The van der Waals surface area contributed by atoms with Crippen molar-refractivity contribution in [3.63, 3.8) is 0 Å². The van der Waals surface area contributed by atoms with E-state index in [2.05, 4.69) is 10.0 Å². The fourth-order valence-electron chi connectivity index (χ4n) is 1.91. The fraction of sp³-hybridized carbons (Fsp3) is 0.312. The minimum absolute atomic E-state index is 0.0971. The SMILES string of the molecule is COc1ccc(NC(=O)c2ccc(S(=O)(=O)NC(C)(C)C)o2)cc1. The number of amides is 1. The van der Waals surface area contributed by atoms with Crippen LogP contribution in [0.1, 0.15) is 31.3 Å². The number of hydrogen-bond acceptors (Lipinski definition) is 5. The predicted octanol–water partition coefficient (Wildman–Crippen LogP) is 2.62. The van der Waals surface area contributed by atoms with Gasteiger partial charge in [-0.2, -0.15) is 0 Å². The molecule has 0 fully saturated rings. The third kappa shape index (κ3) is 4.59. The molecule has 0 unspecified atom stereocenters. The summed E-state index contributed by atoms with van der Waals surface area (Å²) in [5.74, 6) is 0.0186. The topological polar surface area (TPSA) is 97.6 Å². The first-order valence-corrected chi connectivity index (χ1v) is 8.68. The minimum atomic E-state index is -3.83. The van der Waals surface area contributed by atoms with E-state index in [9.17, 15) is 13.2 Å². The third-order valence-corrected chi connectivity index (χ3v) is 4.49. The average molecular weight is 352 g/mol. The molecule has 0 spiro atoms. The van der Waals surface area contributed by atoms with Crippen molar-refractivity contribution in [2.75, 3.05) is 12.4 Å². The summed E-state index contributed by atoms with van der Waals surface area (Å²) in [6.07, 6.45) is 0. The van der Waals surface area contributed by atoms with Crippen LogP contribution < -0.4 is 14.8 Å². The molecule has 0 bridgehead atoms. The molecule has 24 heavy (non-hydrogen) atoms. The Labute approximate surface area is 141 Å². The molecular formula is C16H20N2O5S. The Bertz CT molecular complexity index is 817. The molecule has 0 saturated heterocycles. The van der Waals surface area contributed by atoms with Crippen LogP contribution in [-0.4, -0.2) is 27.0 Å². The number of benzene rings is 1. The maximum atomic E-state index is 12.2. The van der Waals surface area contributed by atoms with Gasteiger partial charge in [-0.1, -0.05) is 0 Å². The maximum absolute atomic E-state index is 12.2. The molecule has 0 atom stereocenters. The van der Waals surface area contributed by atoms with Crippen molar-refractivity contribution in [2.24, 2.45) is 0 Å². The summed E-state index contributed by atoms with van der Waals surface area (Å²) in [5.41, 5.74) is -0.119. The van der Waals surface area contributed by atoms with Crippen molar-refractivity contribution < 1.29 is 22.4 Å². The summed E-state index contributed by atoms with van der Waals surface area (Å²) in [6.45, 7) is 5.14. The van der Waals surface area contributed by atoms with Gasteiger partial charge < -0.3 is 14.5 Å². The van der Waals surface area contributed by atoms with E-state index in [0.29, 0.717) is 11.4 Å². The number of rotatable bonds is 5. The second-order valence-electron chi connectivity index (χ2n) is 6.16. The quantitative estimate of drug-likeness (QED) is 0.862. The Morgan fingerprint density at radius 1 is 1.08 bits per heavy atom. The van der Waals surface area contributed by atoms with Crippen LogP contribution in [0.25, 0.3) is 0 Å². The number of hydrogen-bond donors (Lipinski definition) is 2. The molecule has 0 aliphatic carbocycles. The van der Waals surface area contributed by atoms with E-state index in [4.69, 9.17) is 9.15 Å². The number of ether oxygens (including phenoxy) is 1. The molecule has 130 valence electrons. The van der Waals surface area contributed by atoms with Gasteiger partial charge >= 0.3 is 0 Å². The van der Waals surface area contributed by atoms with E-state index in [1.54, 1.807) is 52.1 Å². The molecule has 2 N–H and O–H groups in total. The van der Waals surface area contributed by atoms with Crippen molar-refractivity contribution in [1.82, 2.24) is 4.72 Å². The molecule has 8 heteroatoms. The van der Waals surface area contributed by atoms with Crippen LogP contribution >= 0.6 is 0 Å². The molecule has 0 aliphatic heterocycles. The molecule has 2 rings (SSSR count). The van der Waals surface area contributed by atoms with E-state index in [1.165, 1.54) is 12.1 Å². The Kier molecular flexibility index (Phi) is 5.00. The van der Waals surface area contributed by atoms with Crippen molar-refractivity contribution in [1.29, 1.82) is 0 Å². The third-order valence-electron chi connectivity index (χ3n) is 2.86. The largest absolute Gasteiger partial charge is 0.497 e. The van der Waals surface area contributed by atoms with Gasteiger partial charge in [-0.05, 0) is 57.2 Å². The van der Waals surface area contributed by atoms with Crippen molar-refractivity contribution in [3.05, 3.63) is 42.2 Å². The molecule has 1 amide bonds. The first-order valence-electron chi connectivity index (χ1n) is 7.20. The normalized spacial score (nSPS) is 12.0. The van der Waals surface area contributed by atoms with Gasteiger partial charge in [0.2, 0.25) is 5.09 Å². The van der Waals surface area contributed by atoms with Gasteiger partial charge in [-0.25, -0.2) is 13.1 Å². The molecular weight excluding hydrogens is 332 g/mol. The average Bonchev–Trinajstić information content (AvgIpc) is 2.96. The van der Waals surface area contributed by atoms with E-state index in [-0.39, 0.29) is 10.9 Å². The summed E-state index contributed by atoms with van der Waals surface area (Å²) in [5, 5.41) is 2.31. The zero-order valence-corrected chi connectivity index (χ0v) is 14.7. The number of carbonyl (C=O) groups is 1. The highest BCUT2D eigenvalue weighted by Crippen LogP contribution is 2.19. The Hall–Kier alpha value is -2.32. The second kappa shape index (κ2) is 6.66. The molecule has 1 aromatic carbocycles. The van der Waals surface area contributed by atoms with Crippen LogP contribution in [0.2, 0.25) is 0 Å². The van der Waals surface area contributed by atoms with Crippen LogP contribution in [0.4, 0.5) is 5.69 Å². The molecule has 1 heterocycles. The number of furan rings is 1. The number of anilines is 1. The lowest BCUT2D eigenvalue weighted by molar-refractivity contribution is 0.0991. The summed E-state index contributed by atoms with van der Waals surface area (Å²) in [4.78, 5) is 12.1. The van der Waals surface area contributed by atoms with E-state index < -0.39 is 21.5 Å². The van der Waals surface area contributed by atoms with Gasteiger partial charge in [-0.3, -0.25) is 4.79 Å². The van der Waals surface area contributed by atoms with Gasteiger partial charge in [0.05, 0.1) is 7.11 Å². The molecule has 0 radical (unpaired) electrons. The first kappa shape index (κ1) is 18.0. The highest BCUT2D eigenvalue weighted by Gasteiger charge is 2.26. The zero-order valence-electron chi connectivity index (χ0n) is 13.9. The predicted molar refractivity (Wildman–Crippen MR) is 89.7 cm³/mol. The summed E-state index contributed by atoms with van der Waals surface area (Å²) < 4.78 is 37.0. The smallest absolute Gasteiger partial charge is 0.291 e. The molecule has 0 saturated carbocycles. The molecule has 7 nitrogen and oxygen atoms in total. The van der Waals surface area contributed by atoms with Crippen molar-refractivity contribution in [3.8, 4) is 5.75 Å². The summed E-state index contributed by atoms with van der Waals surface area (Å²) >= 11 is 0. The van der Waals surface area contributed by atoms with E-state index in [0.717, 1.165) is 0 Å². The van der Waals surface area contributed by atoms with E-state index >= 15 is 0 Å². The summed E-state index contributed by atoms with van der Waals surface area (Å²) in [6, 6.07) is 9.28. The van der Waals surface area contributed by atoms with Gasteiger partial charge in [-0.15, -0.1) is 0 Å². The lowest BCUT2D eigenvalue weighted by Gasteiger charge is -2.18. The van der Waals surface area contributed by atoms with Gasteiger partial charge in [0.1, 0.15) is 5.75 Å². The second-order valence-corrected chi connectivity index (χ2v) is 7.77. The Morgan fingerprint density at radius 3 is 2.25 bits per heavy atom. The Morgan fingerprint density at radius 2 is 1.71 bits per heavy atom. The minimum Gasteiger partial charge on any atom is -0.497 e. The first-order chi connectivity index (χ1) is 11.1. The van der Waals surface area contributed by atoms with Crippen LogP contribution in [0.5, 0.6) is 5.75 Å². The van der Waals surface area contributed by atoms with Gasteiger partial charge in [0.15, 0.2) is 5.76 Å². The highest BCUT2D eigenvalue weighted by atomic mass is 32.2. The van der Waals surface area contributed by atoms with E-state index in [1.807, 2.05) is 0 Å². The van der Waals surface area contributed by atoms with Gasteiger partial charge in [0, 0.05) is 11.2 Å². The monoisotopic (exact) mass is 352 g/mol.